The van der Waals surface area contributed by atoms with Crippen molar-refractivity contribution in [2.24, 2.45) is 11.3 Å². The summed E-state index contributed by atoms with van der Waals surface area (Å²) < 4.78 is 0.984. The molecule has 1 aromatic heterocycles. The number of amides is 1. The third-order valence-electron chi connectivity index (χ3n) is 5.40. The lowest BCUT2D eigenvalue weighted by Gasteiger charge is -2.40. The highest BCUT2D eigenvalue weighted by Crippen LogP contribution is 2.40. The third kappa shape index (κ3) is 4.94. The van der Waals surface area contributed by atoms with Crippen LogP contribution in [0.4, 0.5) is 0 Å². The Hall–Kier alpha value is -2.45. The van der Waals surface area contributed by atoms with Crippen molar-refractivity contribution in [2.75, 3.05) is 0 Å². The third-order valence-corrected chi connectivity index (χ3v) is 5.73. The second-order valence-corrected chi connectivity index (χ2v) is 8.91. The number of nitrogens with zero attached hydrogens (tertiary/aromatic N) is 2. The van der Waals surface area contributed by atoms with Gasteiger partial charge in [0.15, 0.2) is 0 Å². The molecule has 1 aliphatic rings. The van der Waals surface area contributed by atoms with Crippen LogP contribution in [-0.4, -0.2) is 37.9 Å². The van der Waals surface area contributed by atoms with E-state index in [1.54, 1.807) is 0 Å². The molecule has 2 aromatic rings. The van der Waals surface area contributed by atoms with Crippen molar-refractivity contribution < 1.29 is 9.90 Å². The van der Waals surface area contributed by atoms with E-state index in [0.717, 1.165) is 23.7 Å². The lowest BCUT2D eigenvalue weighted by Crippen LogP contribution is -2.44. The van der Waals surface area contributed by atoms with Crippen LogP contribution in [0, 0.1) is 11.3 Å². The molecule has 3 N–H and O–H groups in total. The van der Waals surface area contributed by atoms with Gasteiger partial charge in [0.05, 0.1) is 22.4 Å². The Morgan fingerprint density at radius 3 is 2.76 bits per heavy atom. The van der Waals surface area contributed by atoms with Gasteiger partial charge in [0, 0.05) is 6.04 Å². The van der Waals surface area contributed by atoms with Gasteiger partial charge >= 0.3 is 5.69 Å². The topological polar surface area (TPSA) is 117 Å². The fraction of sp³-hybridized carbons (Fsp3) is 0.500. The number of rotatable bonds is 4. The summed E-state index contributed by atoms with van der Waals surface area (Å²) in [5, 5.41) is 17.2. The Morgan fingerprint density at radius 2 is 2.10 bits per heavy atom. The highest BCUT2D eigenvalue weighted by atomic mass is 35.5. The SMILES string of the molecule is CC(NC(=O)c1cc(-n2ncc(=O)[nH]c2=O)ccc1Cl)C1CC(O)CC(C)(C)C1. The van der Waals surface area contributed by atoms with Gasteiger partial charge in [-0.15, -0.1) is 0 Å². The van der Waals surface area contributed by atoms with E-state index in [4.69, 9.17) is 11.6 Å². The van der Waals surface area contributed by atoms with Gasteiger partial charge in [-0.3, -0.25) is 14.6 Å². The first-order chi connectivity index (χ1) is 13.6. The summed E-state index contributed by atoms with van der Waals surface area (Å²) in [6.45, 7) is 6.15. The summed E-state index contributed by atoms with van der Waals surface area (Å²) in [6.07, 6.45) is 2.88. The van der Waals surface area contributed by atoms with Crippen LogP contribution in [0.2, 0.25) is 5.02 Å². The average molecular weight is 421 g/mol. The van der Waals surface area contributed by atoms with Crippen LogP contribution in [0.3, 0.4) is 0 Å². The predicted octanol–water partition coefficient (Wildman–Crippen LogP) is 1.88. The first-order valence-electron chi connectivity index (χ1n) is 9.53. The standard InChI is InChI=1S/C20H25ClN4O4/c1-11(12-6-14(26)9-20(2,3)8-12)23-18(28)15-7-13(4-5-16(15)21)25-19(29)24-17(27)10-22-25/h4-5,7,10-12,14,26H,6,8-9H2,1-3H3,(H,23,28)(H,24,27,29). The maximum Gasteiger partial charge on any atom is 0.349 e. The van der Waals surface area contributed by atoms with E-state index < -0.39 is 11.2 Å². The Balaban J connectivity index is 1.82. The molecule has 9 heteroatoms. The van der Waals surface area contributed by atoms with E-state index in [0.29, 0.717) is 12.1 Å². The van der Waals surface area contributed by atoms with Crippen molar-refractivity contribution in [2.45, 2.75) is 52.2 Å². The highest BCUT2D eigenvalue weighted by Gasteiger charge is 2.36. The number of H-pyrrole nitrogens is 1. The smallest absolute Gasteiger partial charge is 0.349 e. The Bertz CT molecular complexity index is 1030. The number of halogens is 1. The minimum absolute atomic E-state index is 0.00987. The largest absolute Gasteiger partial charge is 0.393 e. The minimum atomic E-state index is -0.710. The molecule has 1 aromatic carbocycles. The van der Waals surface area contributed by atoms with E-state index in [2.05, 4.69) is 29.2 Å². The van der Waals surface area contributed by atoms with E-state index in [1.165, 1.54) is 18.2 Å². The molecule has 0 saturated heterocycles. The first kappa shape index (κ1) is 21.3. The average Bonchev–Trinajstić information content (AvgIpc) is 2.60. The number of aromatic amines is 1. The van der Waals surface area contributed by atoms with Crippen LogP contribution >= 0.6 is 11.6 Å². The molecule has 0 aliphatic heterocycles. The molecule has 3 rings (SSSR count). The van der Waals surface area contributed by atoms with Crippen molar-refractivity contribution in [3.63, 3.8) is 0 Å². The van der Waals surface area contributed by atoms with Gasteiger partial charge < -0.3 is 10.4 Å². The first-order valence-corrected chi connectivity index (χ1v) is 9.91. The number of carbonyl (C=O) groups is 1. The molecular weight excluding hydrogens is 396 g/mol. The van der Waals surface area contributed by atoms with Gasteiger partial charge in [-0.25, -0.2) is 4.79 Å². The summed E-state index contributed by atoms with van der Waals surface area (Å²) in [5.41, 5.74) is -0.799. The molecule has 1 aliphatic carbocycles. The maximum atomic E-state index is 12.9. The molecular formula is C20H25ClN4O4. The van der Waals surface area contributed by atoms with Crippen LogP contribution in [0.25, 0.3) is 5.69 Å². The quantitative estimate of drug-likeness (QED) is 0.698. The van der Waals surface area contributed by atoms with Crippen molar-refractivity contribution in [1.29, 1.82) is 0 Å². The zero-order chi connectivity index (χ0) is 21.3. The fourth-order valence-electron chi connectivity index (χ4n) is 4.09. The number of aliphatic hydroxyl groups is 1. The molecule has 1 amide bonds. The zero-order valence-electron chi connectivity index (χ0n) is 16.6. The second kappa shape index (κ2) is 8.12. The Morgan fingerprint density at radius 1 is 1.38 bits per heavy atom. The van der Waals surface area contributed by atoms with Crippen LogP contribution in [0.1, 0.15) is 50.4 Å². The molecule has 156 valence electrons. The van der Waals surface area contributed by atoms with E-state index in [-0.39, 0.29) is 40.0 Å². The Labute approximate surface area is 172 Å². The van der Waals surface area contributed by atoms with Crippen LogP contribution in [0.15, 0.2) is 34.0 Å². The lowest BCUT2D eigenvalue weighted by atomic mass is 9.69. The predicted molar refractivity (Wildman–Crippen MR) is 110 cm³/mol. The maximum absolute atomic E-state index is 12.9. The summed E-state index contributed by atoms with van der Waals surface area (Å²) in [4.78, 5) is 38.2. The van der Waals surface area contributed by atoms with Crippen LogP contribution in [0.5, 0.6) is 0 Å². The van der Waals surface area contributed by atoms with Gasteiger partial charge in [-0.1, -0.05) is 25.4 Å². The van der Waals surface area contributed by atoms with Crippen molar-refractivity contribution in [1.82, 2.24) is 20.1 Å². The molecule has 0 bridgehead atoms. The second-order valence-electron chi connectivity index (χ2n) is 8.50. The number of aliphatic hydroxyl groups excluding tert-OH is 1. The number of hydrogen-bond donors (Lipinski definition) is 3. The molecule has 8 nitrogen and oxygen atoms in total. The number of benzene rings is 1. The van der Waals surface area contributed by atoms with Gasteiger partial charge in [-0.2, -0.15) is 9.78 Å². The van der Waals surface area contributed by atoms with Crippen molar-refractivity contribution in [3.05, 3.63) is 55.8 Å². The summed E-state index contributed by atoms with van der Waals surface area (Å²) in [6, 6.07) is 4.33. The summed E-state index contributed by atoms with van der Waals surface area (Å²) in [7, 11) is 0. The molecule has 0 radical (unpaired) electrons. The van der Waals surface area contributed by atoms with Gasteiger partial charge in [-0.05, 0) is 55.7 Å². The van der Waals surface area contributed by atoms with Gasteiger partial charge in [0.2, 0.25) is 0 Å². The number of aromatic nitrogens is 3. The Kier molecular flexibility index (Phi) is 5.95. The molecule has 29 heavy (non-hydrogen) atoms. The van der Waals surface area contributed by atoms with Gasteiger partial charge in [0.1, 0.15) is 6.20 Å². The fourth-order valence-corrected chi connectivity index (χ4v) is 4.29. The number of nitrogens with one attached hydrogen (secondary N) is 2. The lowest BCUT2D eigenvalue weighted by molar-refractivity contribution is 0.0236. The summed E-state index contributed by atoms with van der Waals surface area (Å²) >= 11 is 6.21. The molecule has 1 fully saturated rings. The molecule has 3 atom stereocenters. The number of carbonyl (C=O) groups excluding carboxylic acids is 1. The minimum Gasteiger partial charge on any atom is -0.393 e. The van der Waals surface area contributed by atoms with Crippen LogP contribution < -0.4 is 16.6 Å². The zero-order valence-corrected chi connectivity index (χ0v) is 17.4. The molecule has 3 unspecified atom stereocenters. The highest BCUT2D eigenvalue weighted by molar-refractivity contribution is 6.33. The molecule has 0 spiro atoms. The van der Waals surface area contributed by atoms with Gasteiger partial charge in [0.25, 0.3) is 11.5 Å². The number of hydrogen-bond acceptors (Lipinski definition) is 5. The monoisotopic (exact) mass is 420 g/mol. The van der Waals surface area contributed by atoms with E-state index in [9.17, 15) is 19.5 Å². The van der Waals surface area contributed by atoms with Crippen molar-refractivity contribution in [3.8, 4) is 5.69 Å². The van der Waals surface area contributed by atoms with Crippen LogP contribution in [-0.2, 0) is 0 Å². The molecule has 1 heterocycles. The summed E-state index contributed by atoms with van der Waals surface area (Å²) in [5.74, 6) is -0.233. The van der Waals surface area contributed by atoms with Crippen molar-refractivity contribution >= 4 is 17.5 Å². The normalized spacial score (nSPS) is 22.1. The van der Waals surface area contributed by atoms with E-state index in [1.807, 2.05) is 6.92 Å². The van der Waals surface area contributed by atoms with E-state index >= 15 is 0 Å². The molecule has 1 saturated carbocycles.